The van der Waals surface area contributed by atoms with Crippen molar-refractivity contribution in [1.29, 1.82) is 0 Å². The Morgan fingerprint density at radius 3 is 1.62 bits per heavy atom. The van der Waals surface area contributed by atoms with Gasteiger partial charge in [-0.1, -0.05) is 67.2 Å². The molecule has 218 valence electrons. The largest absolute Gasteiger partial charge is 0.542 e. The zero-order valence-corrected chi connectivity index (χ0v) is 30.8. The molecule has 8 heteroatoms. The molecule has 0 radical (unpaired) electrons. The first kappa shape index (κ1) is 37.2. The third-order valence-corrected chi connectivity index (χ3v) is 18.2. The number of rotatable bonds is 15. The summed E-state index contributed by atoms with van der Waals surface area (Å²) in [5, 5.41) is 0.313. The van der Waals surface area contributed by atoms with Crippen LogP contribution in [0.25, 0.3) is 0 Å². The molecule has 2 unspecified atom stereocenters. The van der Waals surface area contributed by atoms with Gasteiger partial charge in [0.25, 0.3) is 0 Å². The zero-order valence-electron chi connectivity index (χ0n) is 25.8. The number of ether oxygens (including phenoxy) is 1. The molecule has 37 heavy (non-hydrogen) atoms. The third-order valence-electron chi connectivity index (χ3n) is 9.19. The SMILES string of the molecule is COC(=O)CCCCCC[C@H]1C(O[Si](C)(C)C(C)(C)C)CC(O[Si](C)(C)C(C)(C)C)[C@@H]1CCC[C-]=O.[W]. The molecule has 4 atom stereocenters. The first-order valence-corrected chi connectivity index (χ1v) is 20.1. The molecule has 1 saturated carbocycles. The van der Waals surface area contributed by atoms with E-state index in [2.05, 4.69) is 74.0 Å². The molecule has 0 aromatic carbocycles. The van der Waals surface area contributed by atoms with Crippen molar-refractivity contribution in [2.45, 2.75) is 154 Å². The molecular weight excluding hydrogens is 668 g/mol. The first-order chi connectivity index (χ1) is 16.5. The van der Waals surface area contributed by atoms with Gasteiger partial charge >= 0.3 is 5.97 Å². The van der Waals surface area contributed by atoms with Gasteiger partial charge in [0.1, 0.15) is 0 Å². The van der Waals surface area contributed by atoms with E-state index in [-0.39, 0.29) is 49.3 Å². The Morgan fingerprint density at radius 1 is 0.784 bits per heavy atom. The van der Waals surface area contributed by atoms with Crippen molar-refractivity contribution in [2.24, 2.45) is 11.8 Å². The second-order valence-electron chi connectivity index (χ2n) is 14.0. The number of hydrogen-bond acceptors (Lipinski definition) is 5. The Labute approximate surface area is 245 Å². The fraction of sp³-hybridized carbons (Fsp3) is 0.931. The number of esters is 1. The zero-order chi connectivity index (χ0) is 27.8. The summed E-state index contributed by atoms with van der Waals surface area (Å²) in [4.78, 5) is 22.4. The van der Waals surface area contributed by atoms with Crippen LogP contribution in [0.2, 0.25) is 36.3 Å². The molecule has 0 aromatic rings. The van der Waals surface area contributed by atoms with E-state index >= 15 is 0 Å². The molecule has 1 fully saturated rings. The van der Waals surface area contributed by atoms with Crippen molar-refractivity contribution in [2.75, 3.05) is 7.11 Å². The monoisotopic (exact) mass is 725 g/mol. The molecule has 1 aliphatic carbocycles. The molecule has 0 heterocycles. The molecular formula is C29H57O5Si2W-. The number of unbranched alkanes of at least 4 members (excludes halogenated alkanes) is 4. The molecule has 0 amide bonds. The maximum atomic E-state index is 11.4. The minimum Gasteiger partial charge on any atom is -0.542 e. The Hall–Kier alpha value is 0.182. The second kappa shape index (κ2) is 15.8. The van der Waals surface area contributed by atoms with Crippen LogP contribution in [-0.4, -0.2) is 48.2 Å². The van der Waals surface area contributed by atoms with Crippen LogP contribution in [0.4, 0.5) is 0 Å². The smallest absolute Gasteiger partial charge is 0.305 e. The Morgan fingerprint density at radius 2 is 1.22 bits per heavy atom. The third kappa shape index (κ3) is 11.7. The molecule has 0 aromatic heterocycles. The number of carbonyl (C=O) groups is 1. The number of hydrogen-bond donors (Lipinski definition) is 0. The van der Waals surface area contributed by atoms with Gasteiger partial charge in [-0.25, -0.2) is 0 Å². The predicted molar refractivity (Wildman–Crippen MR) is 155 cm³/mol. The molecule has 0 saturated heterocycles. The number of carbonyl (C=O) groups excluding carboxylic acids is 2. The van der Waals surface area contributed by atoms with Gasteiger partial charge in [0.15, 0.2) is 16.6 Å². The van der Waals surface area contributed by atoms with Gasteiger partial charge in [-0.05, 0) is 73.8 Å². The fourth-order valence-corrected chi connectivity index (χ4v) is 7.59. The van der Waals surface area contributed by atoms with Gasteiger partial charge in [0.05, 0.1) is 19.3 Å². The summed E-state index contributed by atoms with van der Waals surface area (Å²) in [6.45, 7) is 23.3. The van der Waals surface area contributed by atoms with E-state index in [1.807, 2.05) is 0 Å². The summed E-state index contributed by atoms with van der Waals surface area (Å²) in [5.41, 5.74) is 0. The van der Waals surface area contributed by atoms with Crippen molar-refractivity contribution in [1.82, 2.24) is 0 Å². The van der Waals surface area contributed by atoms with Crippen LogP contribution >= 0.6 is 0 Å². The minimum atomic E-state index is -1.94. The summed E-state index contributed by atoms with van der Waals surface area (Å²) >= 11 is 0. The molecule has 0 spiro atoms. The first-order valence-electron chi connectivity index (χ1n) is 14.2. The van der Waals surface area contributed by atoms with Gasteiger partial charge in [0, 0.05) is 27.5 Å². The van der Waals surface area contributed by atoms with Crippen LogP contribution in [0, 0.1) is 11.8 Å². The van der Waals surface area contributed by atoms with Crippen molar-refractivity contribution in [3.05, 3.63) is 0 Å². The van der Waals surface area contributed by atoms with Crippen LogP contribution in [0.5, 0.6) is 0 Å². The maximum Gasteiger partial charge on any atom is 0.305 e. The van der Waals surface area contributed by atoms with Crippen LogP contribution < -0.4 is 0 Å². The summed E-state index contributed by atoms with van der Waals surface area (Å²) in [6.07, 6.45) is 11.6. The summed E-state index contributed by atoms with van der Waals surface area (Å²) in [5.74, 6) is 0.741. The topological polar surface area (TPSA) is 61.8 Å². The van der Waals surface area contributed by atoms with Crippen molar-refractivity contribution < 1.29 is 44.2 Å². The van der Waals surface area contributed by atoms with Gasteiger partial charge < -0.3 is 18.4 Å². The maximum absolute atomic E-state index is 11.4. The average molecular weight is 726 g/mol. The van der Waals surface area contributed by atoms with E-state index in [0.29, 0.717) is 24.7 Å². The van der Waals surface area contributed by atoms with Crippen molar-refractivity contribution in [3.8, 4) is 0 Å². The molecule has 1 rings (SSSR count). The minimum absolute atomic E-state index is 0. The van der Waals surface area contributed by atoms with E-state index in [0.717, 1.165) is 51.4 Å². The second-order valence-corrected chi connectivity index (χ2v) is 23.5. The van der Waals surface area contributed by atoms with E-state index in [1.54, 1.807) is 0 Å². The molecule has 1 aliphatic rings. The number of methoxy groups -OCH3 is 1. The quantitative estimate of drug-likeness (QED) is 0.0738. The van der Waals surface area contributed by atoms with E-state index in [4.69, 9.17) is 13.6 Å². The Bertz CT molecular complexity index is 685. The standard InChI is InChI=1S/C29H57O5Si2.W/c1-28(2,3)35(8,9)33-25-22-26(34-36(10,11)29(4,5)6)24(19-16-17-21-30)23(25)18-14-12-13-15-20-27(31)32-7;/h23-26H,12-20,22H2,1-11H3;/q-1;/t23-,24-,25?,26?;/m1./s1. The molecule has 0 N–H and O–H groups in total. The van der Waals surface area contributed by atoms with E-state index in [9.17, 15) is 9.59 Å². The normalized spacial score (nSPS) is 23.0. The summed E-state index contributed by atoms with van der Waals surface area (Å²) < 4.78 is 19.0. The van der Waals surface area contributed by atoms with Crippen LogP contribution in [0.1, 0.15) is 106 Å². The summed E-state index contributed by atoms with van der Waals surface area (Å²) in [6, 6.07) is 0. The van der Waals surface area contributed by atoms with Crippen LogP contribution in [0.15, 0.2) is 0 Å². The molecule has 0 bridgehead atoms. The van der Waals surface area contributed by atoms with Gasteiger partial charge in [-0.3, -0.25) is 11.1 Å². The van der Waals surface area contributed by atoms with Gasteiger partial charge in [0.2, 0.25) is 0 Å². The van der Waals surface area contributed by atoms with E-state index in [1.165, 1.54) is 7.11 Å². The Kier molecular flexibility index (Phi) is 15.9. The molecule has 5 nitrogen and oxygen atoms in total. The van der Waals surface area contributed by atoms with E-state index < -0.39 is 16.6 Å². The average Bonchev–Trinajstić information content (AvgIpc) is 3.03. The van der Waals surface area contributed by atoms with Crippen molar-refractivity contribution >= 4 is 28.9 Å². The Balaban J connectivity index is 0.0000130. The fourth-order valence-electron chi connectivity index (χ4n) is 4.83. The van der Waals surface area contributed by atoms with Crippen molar-refractivity contribution in [3.63, 3.8) is 0 Å². The van der Waals surface area contributed by atoms with Crippen LogP contribution in [-0.2, 0) is 44.2 Å². The van der Waals surface area contributed by atoms with Gasteiger partial charge in [-0.2, -0.15) is 6.42 Å². The van der Waals surface area contributed by atoms with Gasteiger partial charge in [-0.15, -0.1) is 0 Å². The van der Waals surface area contributed by atoms with Crippen LogP contribution in [0.3, 0.4) is 0 Å². The predicted octanol–water partition coefficient (Wildman–Crippen LogP) is 8.19. The molecule has 0 aliphatic heterocycles. The summed E-state index contributed by atoms with van der Waals surface area (Å²) in [7, 11) is -2.43.